The Morgan fingerprint density at radius 3 is 2.06 bits per heavy atom. The van der Waals surface area contributed by atoms with Gasteiger partial charge in [-0.3, -0.25) is 14.4 Å². The second-order valence-electron chi connectivity index (χ2n) is 18.0. The van der Waals surface area contributed by atoms with Crippen LogP contribution in [0.25, 0.3) is 0 Å². The van der Waals surface area contributed by atoms with E-state index < -0.39 is 61.6 Å². The highest BCUT2D eigenvalue weighted by Crippen LogP contribution is 2.87. The molecule has 1 aromatic rings. The molecule has 5 saturated carbocycles. The van der Waals surface area contributed by atoms with Crippen LogP contribution in [0.3, 0.4) is 0 Å². The van der Waals surface area contributed by atoms with Gasteiger partial charge in [0.15, 0.2) is 34.6 Å². The Morgan fingerprint density at radius 1 is 0.880 bits per heavy atom. The second kappa shape index (κ2) is 10.9. The summed E-state index contributed by atoms with van der Waals surface area (Å²) in [5.41, 5.74) is -7.34. The van der Waals surface area contributed by atoms with Gasteiger partial charge in [0.1, 0.15) is 22.4 Å². The summed E-state index contributed by atoms with van der Waals surface area (Å²) in [5.74, 6) is -3.67. The topological polar surface area (TPSA) is 147 Å². The number of allylic oxidation sites excluding steroid dienone is 4. The average Bonchev–Trinajstić information content (AvgIpc) is 3.17. The van der Waals surface area contributed by atoms with E-state index in [-0.39, 0.29) is 54.0 Å². The van der Waals surface area contributed by atoms with Gasteiger partial charge in [-0.1, -0.05) is 30.2 Å². The third-order valence-corrected chi connectivity index (χ3v) is 13.5. The smallest absolute Gasteiger partial charge is 0.198 e. The highest BCUT2D eigenvalue weighted by atomic mass is 16.7. The highest BCUT2D eigenvalue weighted by molar-refractivity contribution is 6.28. The molecule has 0 aromatic heterocycles. The van der Waals surface area contributed by atoms with E-state index in [1.165, 1.54) is 32.0 Å². The molecule has 3 N–H and O–H groups in total. The van der Waals surface area contributed by atoms with Gasteiger partial charge in [-0.25, -0.2) is 0 Å². The first-order valence-corrected chi connectivity index (χ1v) is 18.0. The van der Waals surface area contributed by atoms with E-state index in [9.17, 15) is 20.1 Å². The molecule has 8 fully saturated rings. The lowest BCUT2D eigenvalue weighted by molar-refractivity contribution is -0.384. The Balaban J connectivity index is 0.00000103. The van der Waals surface area contributed by atoms with Gasteiger partial charge in [0.05, 0.1) is 16.4 Å². The zero-order chi connectivity index (χ0) is 37.3. The van der Waals surface area contributed by atoms with Crippen molar-refractivity contribution in [1.29, 1.82) is 0 Å². The summed E-state index contributed by atoms with van der Waals surface area (Å²) >= 11 is 0. The first kappa shape index (κ1) is 36.6. The van der Waals surface area contributed by atoms with Crippen molar-refractivity contribution in [3.63, 3.8) is 0 Å². The molecule has 8 bridgehead atoms. The fourth-order valence-corrected chi connectivity index (χ4v) is 11.7. The molecule has 0 unspecified atom stereocenters. The lowest BCUT2D eigenvalue weighted by atomic mass is 9.32. The fourth-order valence-electron chi connectivity index (χ4n) is 11.7. The van der Waals surface area contributed by atoms with Gasteiger partial charge in [-0.2, -0.15) is 0 Å². The minimum absolute atomic E-state index is 0.00163. The van der Waals surface area contributed by atoms with Crippen molar-refractivity contribution in [1.82, 2.24) is 0 Å². The van der Waals surface area contributed by atoms with Crippen molar-refractivity contribution in [2.45, 2.75) is 137 Å². The third-order valence-electron chi connectivity index (χ3n) is 13.5. The Hall–Kier alpha value is -3.14. The summed E-state index contributed by atoms with van der Waals surface area (Å²) < 4.78 is 14.4. The van der Waals surface area contributed by atoms with Crippen LogP contribution >= 0.6 is 0 Å². The molecule has 50 heavy (non-hydrogen) atoms. The van der Waals surface area contributed by atoms with Crippen LogP contribution in [0.1, 0.15) is 125 Å². The molecular weight excluding hydrogens is 636 g/mol. The molecule has 0 radical (unpaired) electrons. The molecule has 0 amide bonds. The van der Waals surface area contributed by atoms with Gasteiger partial charge in [-0.15, -0.1) is 0 Å². The molecule has 5 aliphatic carbocycles. The molecule has 1 spiro atoms. The number of ether oxygens (including phenoxy) is 2. The molecule has 8 aliphatic rings. The number of hydrogen-bond acceptors (Lipinski definition) is 9. The molecule has 272 valence electrons. The maximum Gasteiger partial charge on any atom is 0.198 e. The zero-order valence-corrected chi connectivity index (χ0v) is 31.3. The zero-order valence-electron chi connectivity index (χ0n) is 31.3. The number of benzene rings is 1. The van der Waals surface area contributed by atoms with Crippen LogP contribution in [0.5, 0.6) is 11.5 Å². The summed E-state index contributed by atoms with van der Waals surface area (Å²) in [6.45, 7) is 18.4. The molecule has 3 saturated heterocycles. The number of ketones is 4. The number of aliphatic hydroxyl groups is 1. The maximum atomic E-state index is 15.8. The van der Waals surface area contributed by atoms with Crippen LogP contribution in [0, 0.1) is 33.5 Å². The van der Waals surface area contributed by atoms with Gasteiger partial charge < -0.3 is 29.6 Å². The molecule has 1 aromatic carbocycles. The van der Waals surface area contributed by atoms with Crippen LogP contribution in [0.2, 0.25) is 0 Å². The minimum atomic E-state index is -1.86. The van der Waals surface area contributed by atoms with E-state index in [1.54, 1.807) is 13.8 Å². The lowest BCUT2D eigenvalue weighted by Gasteiger charge is -2.71. The highest BCUT2D eigenvalue weighted by Gasteiger charge is 2.97. The van der Waals surface area contributed by atoms with Gasteiger partial charge in [-0.05, 0) is 131 Å². The Labute approximate surface area is 295 Å². The van der Waals surface area contributed by atoms with Crippen LogP contribution in [0.4, 0.5) is 0 Å². The Kier molecular flexibility index (Phi) is 8.02. The summed E-state index contributed by atoms with van der Waals surface area (Å²) in [6, 6.07) is 3.91. The maximum absolute atomic E-state index is 15.8. The number of carbonyl (C=O) groups is 4. The van der Waals surface area contributed by atoms with Crippen molar-refractivity contribution < 1.29 is 44.0 Å². The number of phenols is 2. The van der Waals surface area contributed by atoms with Crippen LogP contribution in [-0.2, 0) is 23.9 Å². The summed E-state index contributed by atoms with van der Waals surface area (Å²) in [4.78, 5) is 56.4. The summed E-state index contributed by atoms with van der Waals surface area (Å²) in [7, 11) is 0. The van der Waals surface area contributed by atoms with Gasteiger partial charge in [0.25, 0.3) is 0 Å². The van der Waals surface area contributed by atoms with E-state index in [2.05, 4.69) is 13.0 Å². The normalized spacial score (nSPS) is 41.7. The van der Waals surface area contributed by atoms with Crippen LogP contribution in [0.15, 0.2) is 41.5 Å². The van der Waals surface area contributed by atoms with E-state index >= 15 is 14.4 Å². The van der Waals surface area contributed by atoms with E-state index in [4.69, 9.17) is 9.47 Å². The number of hydrogen-bond donors (Lipinski definition) is 3. The molecule has 3 aliphatic heterocycles. The average molecular weight is 691 g/mol. The van der Waals surface area contributed by atoms with Crippen molar-refractivity contribution in [2.75, 3.05) is 0 Å². The second-order valence-corrected chi connectivity index (χ2v) is 18.0. The van der Waals surface area contributed by atoms with E-state index in [1.807, 2.05) is 40.7 Å². The van der Waals surface area contributed by atoms with Crippen molar-refractivity contribution in [2.24, 2.45) is 33.5 Å². The van der Waals surface area contributed by atoms with Crippen molar-refractivity contribution >= 4 is 23.1 Å². The number of carbonyl (C=O) groups excluding carboxylic acids is 4. The number of phenolic OH excluding ortho intramolecular Hbond substituents is 2. The van der Waals surface area contributed by atoms with E-state index in [0.29, 0.717) is 25.7 Å². The molecule has 9 rings (SSSR count). The van der Waals surface area contributed by atoms with Crippen molar-refractivity contribution in [3.05, 3.63) is 47.1 Å². The standard InChI is InChI=1S/C38H48O8.C3H6O/c1-21(2)9-11-24-16-35-17-25-18-37(31(5,6)44)45-33(25,8)20-36(28(41)23-10-12-26(39)27(40)15-23)30(43)34(29(35)42,14-13-22(3)4)19-32(24,7)38(35,36)46-37;1-3(2)4/h9-10,12-13,15,24-25,39-40,44H,11,14,16-20H2,1-8H3;1-2H3/t24-,25-,32+,33-,34-,35-,36-,37-,38-;/m1./s1. The number of rotatable bonds is 7. The third kappa shape index (κ3) is 4.29. The fraction of sp³-hybridized carbons (Fsp3) is 0.659. The predicted molar refractivity (Wildman–Crippen MR) is 186 cm³/mol. The van der Waals surface area contributed by atoms with Gasteiger partial charge in [0.2, 0.25) is 0 Å². The SMILES string of the molecule is CC(C)=CC[C@@H]1C[C@]23C[C@@H]4C[C@]5(C(C)(C)O)O[C@@]26[C@@](C(=O)c2ccc(O)c(O)c2)(C[C@@]4(C)O5)C(=O)[C@](CC=C(C)C)(C[C@@]16C)C3=O.CC(C)=O. The van der Waals surface area contributed by atoms with Gasteiger partial charge in [0, 0.05) is 17.4 Å². The van der Waals surface area contributed by atoms with Crippen LogP contribution in [-0.4, -0.2) is 61.0 Å². The largest absolute Gasteiger partial charge is 0.504 e. The first-order chi connectivity index (χ1) is 22.9. The Morgan fingerprint density at radius 2 is 1.50 bits per heavy atom. The summed E-state index contributed by atoms with van der Waals surface area (Å²) in [5, 5.41) is 32.6. The molecule has 9 heteroatoms. The minimum Gasteiger partial charge on any atom is -0.504 e. The van der Waals surface area contributed by atoms with Crippen molar-refractivity contribution in [3.8, 4) is 11.5 Å². The number of aromatic hydroxyl groups is 2. The first-order valence-electron chi connectivity index (χ1n) is 18.0. The van der Waals surface area contributed by atoms with Crippen LogP contribution < -0.4 is 0 Å². The summed E-state index contributed by atoms with van der Waals surface area (Å²) in [6.07, 6.45) is 6.46. The van der Waals surface area contributed by atoms with E-state index in [0.717, 1.165) is 11.1 Å². The molecular formula is C41H54O9. The molecule has 9 atom stereocenters. The lowest BCUT2D eigenvalue weighted by Crippen LogP contribution is -2.85. The predicted octanol–water partition coefficient (Wildman–Crippen LogP) is 6.95. The molecule has 3 heterocycles. The monoisotopic (exact) mass is 690 g/mol. The molecule has 9 nitrogen and oxygen atoms in total. The van der Waals surface area contributed by atoms with Gasteiger partial charge >= 0.3 is 0 Å². The number of Topliss-reactive ketones (excluding diaryl/α,β-unsaturated/α-hetero) is 4. The quantitative estimate of drug-likeness (QED) is 0.120. The Bertz CT molecular complexity index is 1750.